The van der Waals surface area contributed by atoms with Gasteiger partial charge in [-0.05, 0) is 42.7 Å². The number of benzene rings is 2. The molecule has 1 amide bonds. The quantitative estimate of drug-likeness (QED) is 0.907. The lowest BCUT2D eigenvalue weighted by molar-refractivity contribution is -0.119. The van der Waals surface area contributed by atoms with E-state index in [2.05, 4.69) is 4.72 Å². The van der Waals surface area contributed by atoms with Crippen LogP contribution >= 0.6 is 0 Å². The summed E-state index contributed by atoms with van der Waals surface area (Å²) in [7, 11) is -3.57. The van der Waals surface area contributed by atoms with E-state index in [1.54, 1.807) is 29.2 Å². The molecular formula is C18H20N2O3S. The molecule has 0 radical (unpaired) electrons. The van der Waals surface area contributed by atoms with E-state index in [-0.39, 0.29) is 17.3 Å². The number of carbonyl (C=O) groups is 1. The second kappa shape index (κ2) is 7.15. The van der Waals surface area contributed by atoms with Gasteiger partial charge in [0.1, 0.15) is 0 Å². The first-order chi connectivity index (χ1) is 11.6. The maximum Gasteiger partial charge on any atom is 0.240 e. The number of nitrogens with zero attached hydrogens (tertiary/aromatic N) is 1. The molecular weight excluding hydrogens is 324 g/mol. The van der Waals surface area contributed by atoms with E-state index in [0.717, 1.165) is 24.1 Å². The first-order valence-electron chi connectivity index (χ1n) is 8.00. The standard InChI is InChI=1S/C18H20N2O3S/c21-18-8-4-5-13-20(18)16-9-11-17(12-10-16)24(22,23)19-14-15-6-2-1-3-7-15/h1-3,6-7,9-12,19H,4-5,8,13-14H2. The lowest BCUT2D eigenvalue weighted by atomic mass is 10.1. The van der Waals surface area contributed by atoms with Gasteiger partial charge >= 0.3 is 0 Å². The van der Waals surface area contributed by atoms with Gasteiger partial charge in [-0.3, -0.25) is 4.79 Å². The summed E-state index contributed by atoms with van der Waals surface area (Å²) in [6.45, 7) is 0.937. The minimum absolute atomic E-state index is 0.0964. The summed E-state index contributed by atoms with van der Waals surface area (Å²) < 4.78 is 27.3. The largest absolute Gasteiger partial charge is 0.312 e. The van der Waals surface area contributed by atoms with Crippen molar-refractivity contribution in [2.75, 3.05) is 11.4 Å². The van der Waals surface area contributed by atoms with Gasteiger partial charge in [-0.15, -0.1) is 0 Å². The van der Waals surface area contributed by atoms with Crippen LogP contribution in [-0.2, 0) is 21.4 Å². The van der Waals surface area contributed by atoms with Crippen LogP contribution in [0.5, 0.6) is 0 Å². The van der Waals surface area contributed by atoms with Crippen LogP contribution in [0.4, 0.5) is 5.69 Å². The Morgan fingerprint density at radius 1 is 0.958 bits per heavy atom. The highest BCUT2D eigenvalue weighted by Gasteiger charge is 2.20. The van der Waals surface area contributed by atoms with Gasteiger partial charge in [-0.1, -0.05) is 30.3 Å². The molecule has 2 aromatic carbocycles. The minimum atomic E-state index is -3.57. The highest BCUT2D eigenvalue weighted by atomic mass is 32.2. The van der Waals surface area contributed by atoms with Gasteiger partial charge in [0.25, 0.3) is 0 Å². The summed E-state index contributed by atoms with van der Waals surface area (Å²) in [6.07, 6.45) is 2.45. The molecule has 1 saturated heterocycles. The van der Waals surface area contributed by atoms with E-state index in [4.69, 9.17) is 0 Å². The molecule has 2 aromatic rings. The molecule has 1 N–H and O–H groups in total. The first-order valence-corrected chi connectivity index (χ1v) is 9.49. The van der Waals surface area contributed by atoms with Crippen LogP contribution in [0, 0.1) is 0 Å². The molecule has 1 heterocycles. The fourth-order valence-corrected chi connectivity index (χ4v) is 3.76. The number of amides is 1. The predicted octanol–water partition coefficient (Wildman–Crippen LogP) is 2.68. The van der Waals surface area contributed by atoms with Gasteiger partial charge in [-0.25, -0.2) is 13.1 Å². The summed E-state index contributed by atoms with van der Waals surface area (Å²) in [6, 6.07) is 15.8. The molecule has 1 fully saturated rings. The van der Waals surface area contributed by atoms with Gasteiger partial charge < -0.3 is 4.90 Å². The number of carbonyl (C=O) groups excluding carboxylic acids is 1. The third-order valence-electron chi connectivity index (χ3n) is 4.09. The van der Waals surface area contributed by atoms with Crippen molar-refractivity contribution < 1.29 is 13.2 Å². The summed E-state index contributed by atoms with van der Waals surface area (Å²) in [5.41, 5.74) is 1.65. The third kappa shape index (κ3) is 3.83. The number of sulfonamides is 1. The molecule has 0 aromatic heterocycles. The molecule has 0 bridgehead atoms. The van der Waals surface area contributed by atoms with Crippen LogP contribution in [0.3, 0.4) is 0 Å². The van der Waals surface area contributed by atoms with Crippen LogP contribution in [-0.4, -0.2) is 20.9 Å². The summed E-state index contributed by atoms with van der Waals surface area (Å²) >= 11 is 0. The van der Waals surface area contributed by atoms with E-state index in [0.29, 0.717) is 13.0 Å². The van der Waals surface area contributed by atoms with Crippen molar-refractivity contribution in [1.82, 2.24) is 4.72 Å². The molecule has 6 heteroatoms. The fourth-order valence-electron chi connectivity index (χ4n) is 2.74. The fraction of sp³-hybridized carbons (Fsp3) is 0.278. The van der Waals surface area contributed by atoms with Crippen LogP contribution in [0.1, 0.15) is 24.8 Å². The number of anilines is 1. The Bertz CT molecular complexity index is 802. The molecule has 0 aliphatic carbocycles. The molecule has 0 unspecified atom stereocenters. The third-order valence-corrected chi connectivity index (χ3v) is 5.51. The SMILES string of the molecule is O=C1CCCCN1c1ccc(S(=O)(=O)NCc2ccccc2)cc1. The zero-order valence-electron chi connectivity index (χ0n) is 13.3. The van der Waals surface area contributed by atoms with Gasteiger partial charge in [0.2, 0.25) is 15.9 Å². The summed E-state index contributed by atoms with van der Waals surface area (Å²) in [5, 5.41) is 0. The Morgan fingerprint density at radius 3 is 2.33 bits per heavy atom. The molecule has 0 spiro atoms. The lowest BCUT2D eigenvalue weighted by Crippen LogP contribution is -2.35. The molecule has 126 valence electrons. The second-order valence-corrected chi connectivity index (χ2v) is 7.57. The first kappa shape index (κ1) is 16.7. The Hall–Kier alpha value is -2.18. The van der Waals surface area contributed by atoms with Crippen molar-refractivity contribution in [3.8, 4) is 0 Å². The maximum absolute atomic E-state index is 12.4. The van der Waals surface area contributed by atoms with Crippen molar-refractivity contribution in [3.05, 3.63) is 60.2 Å². The van der Waals surface area contributed by atoms with Crippen molar-refractivity contribution in [1.29, 1.82) is 0 Å². The topological polar surface area (TPSA) is 66.5 Å². The molecule has 0 atom stereocenters. The Kier molecular flexibility index (Phi) is 4.97. The van der Waals surface area contributed by atoms with E-state index in [1.807, 2.05) is 30.3 Å². The van der Waals surface area contributed by atoms with E-state index >= 15 is 0 Å². The van der Waals surface area contributed by atoms with Crippen LogP contribution in [0.15, 0.2) is 59.5 Å². The molecule has 1 aliphatic heterocycles. The zero-order chi connectivity index (χ0) is 17.0. The highest BCUT2D eigenvalue weighted by molar-refractivity contribution is 7.89. The monoisotopic (exact) mass is 344 g/mol. The van der Waals surface area contributed by atoms with Crippen molar-refractivity contribution in [3.63, 3.8) is 0 Å². The number of piperidine rings is 1. The average Bonchev–Trinajstić information content (AvgIpc) is 2.62. The average molecular weight is 344 g/mol. The Balaban J connectivity index is 1.71. The lowest BCUT2D eigenvalue weighted by Gasteiger charge is -2.26. The van der Waals surface area contributed by atoms with Crippen LogP contribution in [0.25, 0.3) is 0 Å². The molecule has 5 nitrogen and oxygen atoms in total. The van der Waals surface area contributed by atoms with Gasteiger partial charge in [0.05, 0.1) is 4.90 Å². The van der Waals surface area contributed by atoms with Gasteiger partial charge in [0, 0.05) is 25.2 Å². The van der Waals surface area contributed by atoms with Gasteiger partial charge in [-0.2, -0.15) is 0 Å². The molecule has 1 aliphatic rings. The van der Waals surface area contributed by atoms with E-state index in [1.165, 1.54) is 0 Å². The number of hydrogen-bond donors (Lipinski definition) is 1. The van der Waals surface area contributed by atoms with E-state index < -0.39 is 10.0 Å². The maximum atomic E-state index is 12.4. The molecule has 24 heavy (non-hydrogen) atoms. The van der Waals surface area contributed by atoms with Crippen LogP contribution < -0.4 is 9.62 Å². The van der Waals surface area contributed by atoms with E-state index in [9.17, 15) is 13.2 Å². The predicted molar refractivity (Wildman–Crippen MR) is 93.1 cm³/mol. The Labute approximate surface area is 142 Å². The molecule has 3 rings (SSSR count). The second-order valence-electron chi connectivity index (χ2n) is 5.81. The Morgan fingerprint density at radius 2 is 1.67 bits per heavy atom. The number of nitrogens with one attached hydrogen (secondary N) is 1. The van der Waals surface area contributed by atoms with Crippen molar-refractivity contribution >= 4 is 21.6 Å². The van der Waals surface area contributed by atoms with Crippen LogP contribution in [0.2, 0.25) is 0 Å². The zero-order valence-corrected chi connectivity index (χ0v) is 14.1. The highest BCUT2D eigenvalue weighted by Crippen LogP contribution is 2.22. The smallest absolute Gasteiger partial charge is 0.240 e. The summed E-state index contributed by atoms with van der Waals surface area (Å²) in [4.78, 5) is 13.9. The van der Waals surface area contributed by atoms with Gasteiger partial charge in [0.15, 0.2) is 0 Å². The number of hydrogen-bond acceptors (Lipinski definition) is 3. The number of rotatable bonds is 5. The normalized spacial score (nSPS) is 15.5. The van der Waals surface area contributed by atoms with Crippen molar-refractivity contribution in [2.45, 2.75) is 30.7 Å². The molecule has 0 saturated carbocycles. The van der Waals surface area contributed by atoms with Crippen molar-refractivity contribution in [2.24, 2.45) is 0 Å². The summed E-state index contributed by atoms with van der Waals surface area (Å²) in [5.74, 6) is 0.0964. The minimum Gasteiger partial charge on any atom is -0.312 e.